The Morgan fingerprint density at radius 1 is 1.47 bits per heavy atom. The average molecular weight is 263 g/mol. The molecule has 1 heterocycles. The number of nitrogens with two attached hydrogens (primary N) is 1. The van der Waals surface area contributed by atoms with Crippen LogP contribution < -0.4 is 11.1 Å². The molecule has 106 valence electrons. The Morgan fingerprint density at radius 3 is 2.84 bits per heavy atom. The summed E-state index contributed by atoms with van der Waals surface area (Å²) in [6.07, 6.45) is 7.22. The van der Waals surface area contributed by atoms with Gasteiger partial charge in [0.05, 0.1) is 5.60 Å². The molecule has 1 fully saturated rings. The molecule has 4 heteroatoms. The molecule has 1 aliphatic rings. The Hall–Kier alpha value is -1.13. The zero-order valence-electron chi connectivity index (χ0n) is 11.7. The monoisotopic (exact) mass is 263 g/mol. The van der Waals surface area contributed by atoms with Crippen molar-refractivity contribution < 1.29 is 5.11 Å². The van der Waals surface area contributed by atoms with Crippen molar-refractivity contribution in [3.63, 3.8) is 0 Å². The van der Waals surface area contributed by atoms with E-state index in [0.29, 0.717) is 18.3 Å². The fourth-order valence-electron chi connectivity index (χ4n) is 2.84. The van der Waals surface area contributed by atoms with Crippen molar-refractivity contribution in [2.45, 2.75) is 57.1 Å². The van der Waals surface area contributed by atoms with Crippen molar-refractivity contribution in [1.29, 1.82) is 0 Å². The smallest absolute Gasteiger partial charge is 0.126 e. The highest BCUT2D eigenvalue weighted by molar-refractivity contribution is 5.39. The number of nitrogens with one attached hydrogen (secondary N) is 1. The third-order valence-corrected chi connectivity index (χ3v) is 4.04. The molecule has 4 N–H and O–H groups in total. The van der Waals surface area contributed by atoms with Gasteiger partial charge in [-0.1, -0.05) is 13.0 Å². The summed E-state index contributed by atoms with van der Waals surface area (Å²) in [6.45, 7) is 3.25. The summed E-state index contributed by atoms with van der Waals surface area (Å²) in [7, 11) is 0. The minimum atomic E-state index is -0.610. The van der Waals surface area contributed by atoms with Crippen LogP contribution in [0.25, 0.3) is 0 Å². The van der Waals surface area contributed by atoms with Crippen molar-refractivity contribution in [2.75, 3.05) is 12.3 Å². The van der Waals surface area contributed by atoms with Gasteiger partial charge in [0, 0.05) is 18.7 Å². The van der Waals surface area contributed by atoms with E-state index in [1.807, 2.05) is 12.1 Å². The first-order chi connectivity index (χ1) is 9.13. The van der Waals surface area contributed by atoms with Gasteiger partial charge in [-0.25, -0.2) is 4.98 Å². The van der Waals surface area contributed by atoms with Gasteiger partial charge in [-0.2, -0.15) is 0 Å². The molecule has 0 saturated heterocycles. The van der Waals surface area contributed by atoms with Gasteiger partial charge in [-0.05, 0) is 50.3 Å². The lowest BCUT2D eigenvalue weighted by Gasteiger charge is -2.36. The lowest BCUT2D eigenvalue weighted by atomic mass is 9.78. The Bertz CT molecular complexity index is 400. The average Bonchev–Trinajstić information content (AvgIpc) is 2.41. The molecular formula is C15H25N3O. The van der Waals surface area contributed by atoms with Crippen LogP contribution in [-0.4, -0.2) is 28.3 Å². The molecule has 0 unspecified atom stereocenters. The zero-order valence-corrected chi connectivity index (χ0v) is 11.7. The van der Waals surface area contributed by atoms with Crippen LogP contribution in [0.3, 0.4) is 0 Å². The standard InChI is InChI=1S/C15H25N3O/c1-2-9-17-13-5-7-15(19,8-6-13)11-12-4-3-10-18-14(12)16/h3-4,10,13,17,19H,2,5-9,11H2,1H3,(H2,16,18). The number of aromatic nitrogens is 1. The van der Waals surface area contributed by atoms with E-state index in [0.717, 1.165) is 44.2 Å². The molecule has 1 saturated carbocycles. The van der Waals surface area contributed by atoms with E-state index < -0.39 is 5.60 Å². The number of nitrogen functional groups attached to an aromatic ring is 1. The van der Waals surface area contributed by atoms with Crippen LogP contribution in [0.15, 0.2) is 18.3 Å². The van der Waals surface area contributed by atoms with E-state index in [9.17, 15) is 5.11 Å². The van der Waals surface area contributed by atoms with E-state index >= 15 is 0 Å². The summed E-state index contributed by atoms with van der Waals surface area (Å²) in [5.41, 5.74) is 6.21. The summed E-state index contributed by atoms with van der Waals surface area (Å²) in [4.78, 5) is 4.09. The maximum atomic E-state index is 10.7. The first kappa shape index (κ1) is 14.3. The lowest BCUT2D eigenvalue weighted by Crippen LogP contribution is -2.42. The lowest BCUT2D eigenvalue weighted by molar-refractivity contribution is -0.00298. The van der Waals surface area contributed by atoms with Crippen LogP contribution in [0.1, 0.15) is 44.6 Å². The predicted molar refractivity (Wildman–Crippen MR) is 77.9 cm³/mol. The quantitative estimate of drug-likeness (QED) is 0.758. The van der Waals surface area contributed by atoms with E-state index in [-0.39, 0.29) is 0 Å². The van der Waals surface area contributed by atoms with Crippen LogP contribution in [-0.2, 0) is 6.42 Å². The number of aliphatic hydroxyl groups is 1. The second-order valence-corrected chi connectivity index (χ2v) is 5.68. The number of hydrogen-bond donors (Lipinski definition) is 3. The topological polar surface area (TPSA) is 71.2 Å². The molecule has 0 radical (unpaired) electrons. The minimum Gasteiger partial charge on any atom is -0.390 e. The van der Waals surface area contributed by atoms with Crippen molar-refractivity contribution in [1.82, 2.24) is 10.3 Å². The van der Waals surface area contributed by atoms with Gasteiger partial charge in [0.2, 0.25) is 0 Å². The molecule has 2 rings (SSSR count). The largest absolute Gasteiger partial charge is 0.390 e. The number of pyridine rings is 1. The first-order valence-corrected chi connectivity index (χ1v) is 7.28. The fourth-order valence-corrected chi connectivity index (χ4v) is 2.84. The summed E-state index contributed by atoms with van der Waals surface area (Å²) in [5.74, 6) is 0.544. The molecule has 0 aromatic carbocycles. The maximum Gasteiger partial charge on any atom is 0.126 e. The fraction of sp³-hybridized carbons (Fsp3) is 0.667. The van der Waals surface area contributed by atoms with E-state index in [2.05, 4.69) is 17.2 Å². The summed E-state index contributed by atoms with van der Waals surface area (Å²) >= 11 is 0. The second-order valence-electron chi connectivity index (χ2n) is 5.68. The molecule has 1 aromatic heterocycles. The van der Waals surface area contributed by atoms with Crippen LogP contribution in [0.4, 0.5) is 5.82 Å². The number of anilines is 1. The molecule has 1 aliphatic carbocycles. The van der Waals surface area contributed by atoms with Gasteiger partial charge in [0.25, 0.3) is 0 Å². The minimum absolute atomic E-state index is 0.544. The highest BCUT2D eigenvalue weighted by Crippen LogP contribution is 2.32. The molecule has 4 nitrogen and oxygen atoms in total. The zero-order chi connectivity index (χ0) is 13.7. The van der Waals surface area contributed by atoms with Gasteiger partial charge in [0.1, 0.15) is 5.82 Å². The Labute approximate surface area is 115 Å². The molecule has 0 atom stereocenters. The summed E-state index contributed by atoms with van der Waals surface area (Å²) in [5, 5.41) is 14.2. The third kappa shape index (κ3) is 3.91. The van der Waals surface area contributed by atoms with Gasteiger partial charge in [-0.3, -0.25) is 0 Å². The number of rotatable bonds is 5. The molecule has 1 aromatic rings. The molecular weight excluding hydrogens is 238 g/mol. The van der Waals surface area contributed by atoms with Crippen molar-refractivity contribution >= 4 is 5.82 Å². The molecule has 0 bridgehead atoms. The first-order valence-electron chi connectivity index (χ1n) is 7.28. The SMILES string of the molecule is CCCNC1CCC(O)(Cc2cccnc2N)CC1. The van der Waals surface area contributed by atoms with Gasteiger partial charge in [-0.15, -0.1) is 0 Å². The Kier molecular flexibility index (Phi) is 4.77. The highest BCUT2D eigenvalue weighted by atomic mass is 16.3. The normalized spacial score (nSPS) is 27.4. The van der Waals surface area contributed by atoms with Gasteiger partial charge >= 0.3 is 0 Å². The number of hydrogen-bond acceptors (Lipinski definition) is 4. The van der Waals surface area contributed by atoms with E-state index in [1.54, 1.807) is 6.20 Å². The molecule has 0 aliphatic heterocycles. The second kappa shape index (κ2) is 6.35. The number of nitrogens with zero attached hydrogens (tertiary/aromatic N) is 1. The third-order valence-electron chi connectivity index (χ3n) is 4.04. The Morgan fingerprint density at radius 2 is 2.21 bits per heavy atom. The maximum absolute atomic E-state index is 10.7. The Balaban J connectivity index is 1.90. The van der Waals surface area contributed by atoms with Crippen molar-refractivity contribution in [3.05, 3.63) is 23.9 Å². The highest BCUT2D eigenvalue weighted by Gasteiger charge is 2.33. The predicted octanol–water partition coefficient (Wildman–Crippen LogP) is 1.88. The van der Waals surface area contributed by atoms with Crippen LogP contribution >= 0.6 is 0 Å². The van der Waals surface area contributed by atoms with E-state index in [4.69, 9.17) is 5.73 Å². The van der Waals surface area contributed by atoms with Crippen LogP contribution in [0.2, 0.25) is 0 Å². The van der Waals surface area contributed by atoms with Crippen LogP contribution in [0.5, 0.6) is 0 Å². The van der Waals surface area contributed by atoms with Crippen molar-refractivity contribution in [3.8, 4) is 0 Å². The van der Waals surface area contributed by atoms with Gasteiger partial charge < -0.3 is 16.2 Å². The van der Waals surface area contributed by atoms with Crippen LogP contribution in [0, 0.1) is 0 Å². The molecule has 0 amide bonds. The van der Waals surface area contributed by atoms with Crippen molar-refractivity contribution in [2.24, 2.45) is 0 Å². The van der Waals surface area contributed by atoms with Gasteiger partial charge in [0.15, 0.2) is 0 Å². The summed E-state index contributed by atoms with van der Waals surface area (Å²) < 4.78 is 0. The molecule has 0 spiro atoms. The molecule has 19 heavy (non-hydrogen) atoms. The summed E-state index contributed by atoms with van der Waals surface area (Å²) in [6, 6.07) is 4.40. The van der Waals surface area contributed by atoms with E-state index in [1.165, 1.54) is 0 Å².